The second-order valence-electron chi connectivity index (χ2n) is 6.44. The van der Waals surface area contributed by atoms with Crippen LogP contribution in [0.25, 0.3) is 0 Å². The molecule has 24 heavy (non-hydrogen) atoms. The van der Waals surface area contributed by atoms with Crippen LogP contribution in [0.4, 0.5) is 16.2 Å². The van der Waals surface area contributed by atoms with E-state index in [0.29, 0.717) is 17.4 Å². The fourth-order valence-electron chi connectivity index (χ4n) is 2.54. The number of amides is 2. The Morgan fingerprint density at radius 2 is 1.67 bits per heavy atom. The maximum atomic E-state index is 12.5. The third kappa shape index (κ3) is 4.51. The Morgan fingerprint density at radius 3 is 2.33 bits per heavy atom. The molecule has 0 heterocycles. The van der Waals surface area contributed by atoms with Gasteiger partial charge in [-0.2, -0.15) is 0 Å². The zero-order valence-corrected chi connectivity index (χ0v) is 15.0. The topological polar surface area (TPSA) is 50.4 Å². The molecule has 0 bridgehead atoms. The van der Waals surface area contributed by atoms with Crippen molar-refractivity contribution in [1.82, 2.24) is 0 Å². The highest BCUT2D eigenvalue weighted by molar-refractivity contribution is 6.01. The van der Waals surface area contributed by atoms with Gasteiger partial charge in [0.1, 0.15) is 5.75 Å². The summed E-state index contributed by atoms with van der Waals surface area (Å²) < 4.78 is 5.74. The number of aryl methyl sites for hydroxylation is 1. The molecule has 0 aromatic heterocycles. The Labute approximate surface area is 144 Å². The van der Waals surface area contributed by atoms with Crippen LogP contribution >= 0.6 is 0 Å². The summed E-state index contributed by atoms with van der Waals surface area (Å²) in [5.74, 6) is 0.994. The lowest BCUT2D eigenvalue weighted by atomic mass is 9.98. The van der Waals surface area contributed by atoms with Gasteiger partial charge in [-0.25, -0.2) is 4.79 Å². The molecule has 2 aromatic carbocycles. The molecule has 0 aliphatic carbocycles. The predicted molar refractivity (Wildman–Crippen MR) is 100 cm³/mol. The Hall–Kier alpha value is -2.49. The maximum Gasteiger partial charge on any atom is 0.323 e. The van der Waals surface area contributed by atoms with Gasteiger partial charge < -0.3 is 15.4 Å². The average Bonchev–Trinajstić information content (AvgIpc) is 2.50. The van der Waals surface area contributed by atoms with Gasteiger partial charge in [0, 0.05) is 5.69 Å². The van der Waals surface area contributed by atoms with Crippen molar-refractivity contribution < 1.29 is 9.53 Å². The molecule has 0 aliphatic heterocycles. The molecule has 2 amide bonds. The lowest BCUT2D eigenvalue weighted by molar-refractivity contribution is 0.243. The number of carbonyl (C=O) groups excluding carboxylic acids is 1. The Morgan fingerprint density at radius 1 is 0.958 bits per heavy atom. The van der Waals surface area contributed by atoms with Crippen molar-refractivity contribution >= 4 is 17.4 Å². The summed E-state index contributed by atoms with van der Waals surface area (Å²) in [6.07, 6.45) is 0.0416. The summed E-state index contributed by atoms with van der Waals surface area (Å²) in [5.41, 5.74) is 3.69. The Bertz CT molecular complexity index is 709. The van der Waals surface area contributed by atoms with E-state index in [1.54, 1.807) is 0 Å². The lowest BCUT2D eigenvalue weighted by Crippen LogP contribution is -2.22. The van der Waals surface area contributed by atoms with Gasteiger partial charge in [0.2, 0.25) is 0 Å². The number of hydrogen-bond donors (Lipinski definition) is 2. The first-order valence-electron chi connectivity index (χ1n) is 8.31. The minimum atomic E-state index is -0.272. The van der Waals surface area contributed by atoms with Crippen LogP contribution in [0.15, 0.2) is 42.5 Å². The minimum Gasteiger partial charge on any atom is -0.489 e. The first-order chi connectivity index (χ1) is 11.4. The molecule has 2 rings (SSSR count). The number of hydrogen-bond acceptors (Lipinski definition) is 2. The van der Waals surface area contributed by atoms with E-state index < -0.39 is 0 Å². The second-order valence-corrected chi connectivity index (χ2v) is 6.44. The molecule has 2 aromatic rings. The van der Waals surface area contributed by atoms with Gasteiger partial charge in [-0.1, -0.05) is 44.2 Å². The number of nitrogens with one attached hydrogen (secondary N) is 2. The lowest BCUT2D eigenvalue weighted by Gasteiger charge is -2.18. The summed E-state index contributed by atoms with van der Waals surface area (Å²) >= 11 is 0. The molecule has 0 unspecified atom stereocenters. The molecule has 0 saturated heterocycles. The van der Waals surface area contributed by atoms with Crippen molar-refractivity contribution in [2.45, 2.75) is 46.6 Å². The van der Waals surface area contributed by atoms with Crippen molar-refractivity contribution in [2.75, 3.05) is 10.6 Å². The van der Waals surface area contributed by atoms with E-state index in [0.717, 1.165) is 16.8 Å². The van der Waals surface area contributed by atoms with E-state index in [1.807, 2.05) is 63.2 Å². The normalized spacial score (nSPS) is 10.8. The summed E-state index contributed by atoms with van der Waals surface area (Å²) in [4.78, 5) is 12.5. The molecule has 0 spiro atoms. The Balaban J connectivity index is 2.18. The number of urea groups is 1. The standard InChI is InChI=1S/C20H26N2O2/c1-13(2)16-10-8-9-15(5)19(16)22-20(23)21-17-11-6-7-12-18(17)24-14(3)4/h6-14H,1-5H3,(H2,21,22,23). The van der Waals surface area contributed by atoms with Gasteiger partial charge in [0.05, 0.1) is 11.8 Å². The molecule has 0 fully saturated rings. The molecular formula is C20H26N2O2. The molecule has 0 saturated carbocycles. The van der Waals surface area contributed by atoms with Crippen molar-refractivity contribution in [3.05, 3.63) is 53.6 Å². The maximum absolute atomic E-state index is 12.5. The smallest absolute Gasteiger partial charge is 0.323 e. The summed E-state index contributed by atoms with van der Waals surface area (Å²) in [6, 6.07) is 13.2. The zero-order chi connectivity index (χ0) is 17.7. The SMILES string of the molecule is Cc1cccc(C(C)C)c1NC(=O)Nc1ccccc1OC(C)C. The molecule has 0 radical (unpaired) electrons. The fourth-order valence-corrected chi connectivity index (χ4v) is 2.54. The van der Waals surface area contributed by atoms with E-state index in [9.17, 15) is 4.79 Å². The van der Waals surface area contributed by atoms with E-state index in [-0.39, 0.29) is 12.1 Å². The molecule has 0 atom stereocenters. The number of rotatable bonds is 5. The number of para-hydroxylation sites is 3. The molecule has 0 aliphatic rings. The van der Waals surface area contributed by atoms with Gasteiger partial charge in [-0.05, 0) is 49.9 Å². The summed E-state index contributed by atoms with van der Waals surface area (Å²) in [6.45, 7) is 10.1. The van der Waals surface area contributed by atoms with Crippen LogP contribution in [0.2, 0.25) is 0 Å². The van der Waals surface area contributed by atoms with Crippen LogP contribution in [0.5, 0.6) is 5.75 Å². The number of anilines is 2. The Kier molecular flexibility index (Phi) is 5.85. The highest BCUT2D eigenvalue weighted by Crippen LogP contribution is 2.29. The summed E-state index contributed by atoms with van der Waals surface area (Å²) in [5, 5.41) is 5.87. The van der Waals surface area contributed by atoms with Crippen LogP contribution < -0.4 is 15.4 Å². The van der Waals surface area contributed by atoms with Gasteiger partial charge in [0.15, 0.2) is 0 Å². The minimum absolute atomic E-state index is 0.0416. The van der Waals surface area contributed by atoms with Crippen molar-refractivity contribution in [3.63, 3.8) is 0 Å². The molecule has 128 valence electrons. The largest absolute Gasteiger partial charge is 0.489 e. The zero-order valence-electron chi connectivity index (χ0n) is 15.0. The van der Waals surface area contributed by atoms with Gasteiger partial charge >= 0.3 is 6.03 Å². The van der Waals surface area contributed by atoms with Crippen LogP contribution in [0.1, 0.15) is 44.7 Å². The predicted octanol–water partition coefficient (Wildman–Crippen LogP) is 5.55. The van der Waals surface area contributed by atoms with Crippen LogP contribution in [0, 0.1) is 6.92 Å². The monoisotopic (exact) mass is 326 g/mol. The molecule has 4 heteroatoms. The van der Waals surface area contributed by atoms with E-state index >= 15 is 0 Å². The third-order valence-corrected chi connectivity index (χ3v) is 3.66. The van der Waals surface area contributed by atoms with Gasteiger partial charge in [0.25, 0.3) is 0 Å². The molecule has 2 N–H and O–H groups in total. The molecule has 4 nitrogen and oxygen atoms in total. The van der Waals surface area contributed by atoms with Crippen LogP contribution in [0.3, 0.4) is 0 Å². The van der Waals surface area contributed by atoms with E-state index in [2.05, 4.69) is 24.5 Å². The van der Waals surface area contributed by atoms with E-state index in [4.69, 9.17) is 4.74 Å². The first kappa shape index (κ1) is 17.9. The van der Waals surface area contributed by atoms with Gasteiger partial charge in [-0.3, -0.25) is 0 Å². The summed E-state index contributed by atoms with van der Waals surface area (Å²) in [7, 11) is 0. The van der Waals surface area contributed by atoms with Crippen LogP contribution in [-0.2, 0) is 0 Å². The molecular weight excluding hydrogens is 300 g/mol. The van der Waals surface area contributed by atoms with Crippen molar-refractivity contribution in [3.8, 4) is 5.75 Å². The highest BCUT2D eigenvalue weighted by Gasteiger charge is 2.13. The highest BCUT2D eigenvalue weighted by atomic mass is 16.5. The number of benzene rings is 2. The van der Waals surface area contributed by atoms with Crippen molar-refractivity contribution in [2.24, 2.45) is 0 Å². The first-order valence-corrected chi connectivity index (χ1v) is 8.31. The number of ether oxygens (including phenoxy) is 1. The second kappa shape index (κ2) is 7.86. The van der Waals surface area contributed by atoms with Crippen molar-refractivity contribution in [1.29, 1.82) is 0 Å². The van der Waals surface area contributed by atoms with E-state index in [1.165, 1.54) is 0 Å². The average molecular weight is 326 g/mol. The fraction of sp³-hybridized carbons (Fsp3) is 0.350. The van der Waals surface area contributed by atoms with Gasteiger partial charge in [-0.15, -0.1) is 0 Å². The third-order valence-electron chi connectivity index (χ3n) is 3.66. The quantitative estimate of drug-likeness (QED) is 0.757. The number of carbonyl (C=O) groups is 1. The van der Waals surface area contributed by atoms with Crippen LogP contribution in [-0.4, -0.2) is 12.1 Å².